The number of benzene rings is 2. The fourth-order valence-corrected chi connectivity index (χ4v) is 6.53. The summed E-state index contributed by atoms with van der Waals surface area (Å²) in [7, 11) is 0. The molecule has 2 aromatic rings. The Morgan fingerprint density at radius 2 is 1.82 bits per heavy atom. The van der Waals surface area contributed by atoms with Gasteiger partial charge in [0.25, 0.3) is 0 Å². The number of carbonyl (C=O) groups is 2. The molecule has 0 radical (unpaired) electrons. The number of carboxylic acid groups (broad SMARTS) is 2. The van der Waals surface area contributed by atoms with E-state index in [1.54, 1.807) is 24.8 Å². The number of hydrogen-bond donors (Lipinski definition) is 2. The van der Waals surface area contributed by atoms with Crippen LogP contribution in [0.5, 0.6) is 0 Å². The molecule has 6 heteroatoms. The van der Waals surface area contributed by atoms with Crippen molar-refractivity contribution in [1.29, 1.82) is 0 Å². The van der Waals surface area contributed by atoms with Gasteiger partial charge in [0, 0.05) is 47.0 Å². The van der Waals surface area contributed by atoms with Crippen LogP contribution >= 0.6 is 11.8 Å². The third kappa shape index (κ3) is 3.73. The molecule has 4 nitrogen and oxygen atoms in total. The summed E-state index contributed by atoms with van der Waals surface area (Å²) in [6.45, 7) is 1.57. The van der Waals surface area contributed by atoms with E-state index in [-0.39, 0.29) is 36.7 Å². The molecule has 28 heavy (non-hydrogen) atoms. The molecule has 0 heterocycles. The molecule has 4 rings (SSSR count). The van der Waals surface area contributed by atoms with Crippen LogP contribution in [0.1, 0.15) is 26.2 Å². The molecule has 2 aliphatic rings. The third-order valence-electron chi connectivity index (χ3n) is 6.13. The van der Waals surface area contributed by atoms with E-state index in [1.165, 1.54) is 5.39 Å². The molecule has 2 saturated carbocycles. The Morgan fingerprint density at radius 3 is 2.50 bits per heavy atom. The van der Waals surface area contributed by atoms with Crippen molar-refractivity contribution >= 4 is 34.5 Å². The summed E-state index contributed by atoms with van der Waals surface area (Å²) in [5.41, 5.74) is -0.345. The van der Waals surface area contributed by atoms with Crippen LogP contribution < -0.4 is 0 Å². The van der Waals surface area contributed by atoms with Gasteiger partial charge in [-0.25, -0.2) is 4.79 Å². The fraction of sp³-hybridized carbons (Fsp3) is 0.364. The molecule has 2 aromatic carbocycles. The summed E-state index contributed by atoms with van der Waals surface area (Å²) in [5.74, 6) is -1.94. The van der Waals surface area contributed by atoms with Gasteiger partial charge in [0.15, 0.2) is 0 Å². The summed E-state index contributed by atoms with van der Waals surface area (Å²) in [6, 6.07) is 14.5. The van der Waals surface area contributed by atoms with Gasteiger partial charge in [0.05, 0.1) is 5.92 Å². The number of allylic oxidation sites excluding steroid dienone is 1. The Kier molecular flexibility index (Phi) is 6.20. The zero-order valence-corrected chi connectivity index (χ0v) is 20.0. The smallest absolute Gasteiger partial charge is 0.330 e. The van der Waals surface area contributed by atoms with Crippen LogP contribution in [0.3, 0.4) is 0 Å². The number of carboxylic acids is 2. The van der Waals surface area contributed by atoms with Crippen molar-refractivity contribution in [2.45, 2.75) is 36.3 Å². The van der Waals surface area contributed by atoms with Gasteiger partial charge in [0.1, 0.15) is 0 Å². The SMILES string of the molecule is CC(=CC12CC(CC1Sc1ccc3ccccc3c1)CC2C(=O)O)C(=O)O.[Hf]. The van der Waals surface area contributed by atoms with Crippen LogP contribution in [-0.4, -0.2) is 27.4 Å². The Morgan fingerprint density at radius 1 is 1.11 bits per heavy atom. The van der Waals surface area contributed by atoms with E-state index in [0.717, 1.165) is 23.1 Å². The Bertz CT molecular complexity index is 956. The van der Waals surface area contributed by atoms with Crippen LogP contribution in [0.2, 0.25) is 0 Å². The van der Waals surface area contributed by atoms with Gasteiger partial charge in [0.2, 0.25) is 0 Å². The second-order valence-corrected chi connectivity index (χ2v) is 9.07. The first-order valence-corrected chi connectivity index (χ1v) is 10.1. The zero-order valence-electron chi connectivity index (χ0n) is 15.6. The molecule has 2 fully saturated rings. The first-order valence-electron chi connectivity index (χ1n) is 9.20. The molecule has 2 bridgehead atoms. The summed E-state index contributed by atoms with van der Waals surface area (Å²) in [4.78, 5) is 24.5. The molecule has 2 aliphatic carbocycles. The van der Waals surface area contributed by atoms with Crippen molar-refractivity contribution in [3.05, 3.63) is 54.1 Å². The number of fused-ring (bicyclic) bond motifs is 3. The van der Waals surface area contributed by atoms with Crippen molar-refractivity contribution in [2.24, 2.45) is 17.3 Å². The van der Waals surface area contributed by atoms with Gasteiger partial charge in [-0.05, 0) is 55.0 Å². The molecule has 0 aliphatic heterocycles. The maximum absolute atomic E-state index is 11.9. The first kappa shape index (κ1) is 21.3. The standard InChI is InChI=1S/C22H22O4S.Hf/c1-13(20(23)24)11-22-12-14(8-18(22)21(25)26)9-19(22)27-17-7-6-15-4-2-3-5-16(15)10-17;/h2-7,10-11,14,18-19H,8-9,12H2,1H3,(H,23,24)(H,25,26);. The summed E-state index contributed by atoms with van der Waals surface area (Å²) in [5, 5.41) is 21.6. The van der Waals surface area contributed by atoms with Crippen molar-refractivity contribution in [1.82, 2.24) is 0 Å². The quantitative estimate of drug-likeness (QED) is 0.405. The predicted octanol–water partition coefficient (Wildman–Crippen LogP) is 4.83. The minimum Gasteiger partial charge on any atom is -0.481 e. The normalized spacial score (nSPS) is 28.9. The van der Waals surface area contributed by atoms with Gasteiger partial charge >= 0.3 is 11.9 Å². The van der Waals surface area contributed by atoms with Crippen LogP contribution in [0.4, 0.5) is 0 Å². The maximum Gasteiger partial charge on any atom is 0.330 e. The van der Waals surface area contributed by atoms with Crippen molar-refractivity contribution in [3.63, 3.8) is 0 Å². The van der Waals surface area contributed by atoms with Gasteiger partial charge in [-0.2, -0.15) is 0 Å². The third-order valence-corrected chi connectivity index (χ3v) is 7.57. The van der Waals surface area contributed by atoms with E-state index < -0.39 is 23.3 Å². The molecular weight excluding hydrogens is 539 g/mol. The van der Waals surface area contributed by atoms with E-state index in [0.29, 0.717) is 12.3 Å². The van der Waals surface area contributed by atoms with Crippen LogP contribution in [-0.2, 0) is 35.4 Å². The molecule has 0 spiro atoms. The molecular formula is C22H22HfO4S. The molecule has 144 valence electrons. The average molecular weight is 561 g/mol. The van der Waals surface area contributed by atoms with Crippen LogP contribution in [0, 0.1) is 17.3 Å². The number of hydrogen-bond acceptors (Lipinski definition) is 3. The Balaban J connectivity index is 0.00000225. The van der Waals surface area contributed by atoms with Crippen LogP contribution in [0.25, 0.3) is 10.8 Å². The number of aliphatic carboxylic acids is 2. The van der Waals surface area contributed by atoms with Crippen molar-refractivity contribution in [3.8, 4) is 0 Å². The van der Waals surface area contributed by atoms with E-state index in [4.69, 9.17) is 0 Å². The van der Waals surface area contributed by atoms with Gasteiger partial charge in [-0.3, -0.25) is 4.79 Å². The van der Waals surface area contributed by atoms with E-state index in [1.807, 2.05) is 12.1 Å². The monoisotopic (exact) mass is 562 g/mol. The van der Waals surface area contributed by atoms with E-state index in [9.17, 15) is 19.8 Å². The second-order valence-electron chi connectivity index (χ2n) is 7.79. The maximum atomic E-state index is 11.9. The largest absolute Gasteiger partial charge is 0.481 e. The number of rotatable bonds is 5. The molecule has 0 aromatic heterocycles. The van der Waals surface area contributed by atoms with Crippen molar-refractivity contribution < 1.29 is 45.6 Å². The Hall–Kier alpha value is -1.40. The number of thioether (sulfide) groups is 1. The zero-order chi connectivity index (χ0) is 19.2. The minimum absolute atomic E-state index is 0. The average Bonchev–Trinajstić information content (AvgIpc) is 3.16. The molecule has 0 saturated heterocycles. The Labute approximate surface area is 187 Å². The van der Waals surface area contributed by atoms with Gasteiger partial charge in [-0.15, -0.1) is 11.8 Å². The van der Waals surface area contributed by atoms with Crippen molar-refractivity contribution in [2.75, 3.05) is 0 Å². The fourth-order valence-electron chi connectivity index (χ4n) is 4.95. The summed E-state index contributed by atoms with van der Waals surface area (Å²) in [6.07, 6.45) is 4.10. The topological polar surface area (TPSA) is 74.6 Å². The molecule has 4 atom stereocenters. The van der Waals surface area contributed by atoms with Gasteiger partial charge < -0.3 is 10.2 Å². The van der Waals surface area contributed by atoms with Crippen LogP contribution in [0.15, 0.2) is 59.0 Å². The predicted molar refractivity (Wildman–Crippen MR) is 106 cm³/mol. The molecule has 0 amide bonds. The summed E-state index contributed by atoms with van der Waals surface area (Å²) < 4.78 is 0. The van der Waals surface area contributed by atoms with E-state index >= 15 is 0 Å². The van der Waals surface area contributed by atoms with E-state index in [2.05, 4.69) is 30.3 Å². The summed E-state index contributed by atoms with van der Waals surface area (Å²) >= 11 is 1.70. The molecule has 2 N–H and O–H groups in total. The minimum atomic E-state index is -0.974. The second kappa shape index (κ2) is 8.15. The van der Waals surface area contributed by atoms with Gasteiger partial charge in [-0.1, -0.05) is 36.4 Å². The molecule has 4 unspecified atom stereocenters. The first-order chi connectivity index (χ1) is 12.9.